The molecule has 0 radical (unpaired) electrons. The van der Waals surface area contributed by atoms with Crippen molar-refractivity contribution in [2.24, 2.45) is 7.05 Å². The zero-order chi connectivity index (χ0) is 23.8. The molecular formula is C26H27ClN4O4. The van der Waals surface area contributed by atoms with Crippen LogP contribution in [0, 0.1) is 0 Å². The number of hydrogen-bond donors (Lipinski definition) is 1. The van der Waals surface area contributed by atoms with E-state index in [1.807, 2.05) is 30.3 Å². The molecule has 0 unspecified atom stereocenters. The van der Waals surface area contributed by atoms with Gasteiger partial charge in [0, 0.05) is 44.2 Å². The van der Waals surface area contributed by atoms with Crippen LogP contribution in [0.2, 0.25) is 0 Å². The Labute approximate surface area is 208 Å². The first-order valence-corrected chi connectivity index (χ1v) is 11.3. The van der Waals surface area contributed by atoms with E-state index in [1.54, 1.807) is 40.8 Å². The lowest BCUT2D eigenvalue weighted by atomic mass is 10.1. The number of ketones is 1. The third-order valence-corrected chi connectivity index (χ3v) is 6.47. The summed E-state index contributed by atoms with van der Waals surface area (Å²) in [4.78, 5) is 42.1. The number of benzene rings is 2. The van der Waals surface area contributed by atoms with E-state index in [9.17, 15) is 14.4 Å². The number of ether oxygens (including phenoxy) is 1. The molecule has 0 aliphatic carbocycles. The van der Waals surface area contributed by atoms with E-state index in [4.69, 9.17) is 4.74 Å². The topological polar surface area (TPSA) is 85.6 Å². The maximum atomic E-state index is 13.8. The van der Waals surface area contributed by atoms with Crippen molar-refractivity contribution < 1.29 is 14.3 Å². The number of Topliss-reactive ketones (excluding diaryl/α,β-unsaturated/α-hetero) is 1. The first-order valence-electron chi connectivity index (χ1n) is 11.3. The van der Waals surface area contributed by atoms with Gasteiger partial charge in [0.15, 0.2) is 17.2 Å². The number of fused-ring (bicyclic) bond motifs is 3. The Bertz CT molecular complexity index is 1470. The molecule has 9 heteroatoms. The Balaban J connectivity index is 0.00000289. The van der Waals surface area contributed by atoms with Crippen molar-refractivity contribution in [2.75, 3.05) is 33.3 Å². The summed E-state index contributed by atoms with van der Waals surface area (Å²) in [6, 6.07) is 16.4. The second-order valence-electron chi connectivity index (χ2n) is 8.40. The molecule has 0 spiro atoms. The van der Waals surface area contributed by atoms with Crippen molar-refractivity contribution in [3.05, 3.63) is 76.2 Å². The van der Waals surface area contributed by atoms with Crippen molar-refractivity contribution in [1.29, 1.82) is 0 Å². The summed E-state index contributed by atoms with van der Waals surface area (Å²) in [5, 5.41) is 4.33. The van der Waals surface area contributed by atoms with Gasteiger partial charge in [-0.15, -0.1) is 12.4 Å². The second kappa shape index (κ2) is 9.93. The van der Waals surface area contributed by atoms with Crippen LogP contribution in [0.3, 0.4) is 0 Å². The molecule has 0 atom stereocenters. The summed E-state index contributed by atoms with van der Waals surface area (Å²) in [6.45, 7) is 2.49. The Kier molecular flexibility index (Phi) is 6.95. The van der Waals surface area contributed by atoms with E-state index in [0.717, 1.165) is 18.5 Å². The summed E-state index contributed by atoms with van der Waals surface area (Å²) in [6.07, 6.45) is 0. The van der Waals surface area contributed by atoms with Gasteiger partial charge in [-0.3, -0.25) is 19.0 Å². The van der Waals surface area contributed by atoms with E-state index in [1.165, 1.54) is 11.7 Å². The van der Waals surface area contributed by atoms with Gasteiger partial charge in [0.2, 0.25) is 0 Å². The molecule has 1 N–H and O–H groups in total. The zero-order valence-corrected chi connectivity index (χ0v) is 20.4. The van der Waals surface area contributed by atoms with Crippen LogP contribution in [0.25, 0.3) is 21.8 Å². The number of methoxy groups -OCH3 is 1. The number of para-hydroxylation sites is 1. The number of halogens is 1. The molecule has 0 bridgehead atoms. The van der Waals surface area contributed by atoms with Gasteiger partial charge in [0.05, 0.1) is 24.7 Å². The van der Waals surface area contributed by atoms with Crippen LogP contribution < -0.4 is 15.6 Å². The van der Waals surface area contributed by atoms with Gasteiger partial charge >= 0.3 is 0 Å². The largest absolute Gasteiger partial charge is 0.493 e. The molecular weight excluding hydrogens is 468 g/mol. The number of aryl methyl sites for hydroxylation is 1. The van der Waals surface area contributed by atoms with E-state index >= 15 is 0 Å². The number of carbonyl (C=O) groups is 2. The van der Waals surface area contributed by atoms with Gasteiger partial charge in [-0.05, 0) is 6.07 Å². The highest BCUT2D eigenvalue weighted by molar-refractivity contribution is 6.12. The van der Waals surface area contributed by atoms with Gasteiger partial charge < -0.3 is 19.5 Å². The second-order valence-corrected chi connectivity index (χ2v) is 8.40. The molecule has 8 nitrogen and oxygen atoms in total. The Morgan fingerprint density at radius 1 is 1.00 bits per heavy atom. The van der Waals surface area contributed by atoms with Gasteiger partial charge in [0.1, 0.15) is 5.39 Å². The van der Waals surface area contributed by atoms with Crippen LogP contribution >= 0.6 is 12.4 Å². The van der Waals surface area contributed by atoms with Crippen LogP contribution in [0.5, 0.6) is 5.75 Å². The SMILES string of the molecule is COc1c(C(=O)N2CCNCC2)n(C)c2c1c(=O)n(CC(=O)c1ccccc1)c1ccccc21.Cl. The summed E-state index contributed by atoms with van der Waals surface area (Å²) in [7, 11) is 3.25. The minimum Gasteiger partial charge on any atom is -0.493 e. The van der Waals surface area contributed by atoms with Crippen LogP contribution in [0.1, 0.15) is 20.8 Å². The van der Waals surface area contributed by atoms with Crippen LogP contribution in [0.15, 0.2) is 59.4 Å². The molecule has 2 aromatic heterocycles. The smallest absolute Gasteiger partial charge is 0.274 e. The molecule has 1 fully saturated rings. The van der Waals surface area contributed by atoms with E-state index < -0.39 is 0 Å². The molecule has 35 heavy (non-hydrogen) atoms. The van der Waals surface area contributed by atoms with Gasteiger partial charge in [-0.1, -0.05) is 48.5 Å². The number of rotatable bonds is 5. The fraction of sp³-hybridized carbons (Fsp3) is 0.269. The van der Waals surface area contributed by atoms with Gasteiger partial charge in [-0.25, -0.2) is 0 Å². The number of carbonyl (C=O) groups excluding carboxylic acids is 2. The van der Waals surface area contributed by atoms with Crippen LogP contribution in [0.4, 0.5) is 0 Å². The molecule has 1 aliphatic rings. The molecule has 1 amide bonds. The molecule has 5 rings (SSSR count). The van der Waals surface area contributed by atoms with E-state index in [0.29, 0.717) is 40.8 Å². The van der Waals surface area contributed by atoms with E-state index in [2.05, 4.69) is 5.32 Å². The normalized spacial score (nSPS) is 13.6. The van der Waals surface area contributed by atoms with Gasteiger partial charge in [-0.2, -0.15) is 0 Å². The minimum atomic E-state index is -0.357. The standard InChI is InChI=1S/C26H26N4O4.ClH/c1-28-22-18-10-6-7-11-19(18)30(16-20(31)17-8-4-3-5-9-17)25(32)21(22)24(34-2)23(28)26(33)29-14-12-27-13-15-29;/h3-11,27H,12-16H2,1-2H3;1H. The lowest BCUT2D eigenvalue weighted by Crippen LogP contribution is -2.46. The highest BCUT2D eigenvalue weighted by atomic mass is 35.5. The Morgan fingerprint density at radius 2 is 1.66 bits per heavy atom. The quantitative estimate of drug-likeness (QED) is 0.431. The molecule has 182 valence electrons. The number of piperazine rings is 1. The average Bonchev–Trinajstić information content (AvgIpc) is 3.19. The summed E-state index contributed by atoms with van der Waals surface area (Å²) >= 11 is 0. The Morgan fingerprint density at radius 3 is 2.34 bits per heavy atom. The molecule has 1 aliphatic heterocycles. The Hall–Kier alpha value is -3.62. The first kappa shape index (κ1) is 24.5. The van der Waals surface area contributed by atoms with Crippen LogP contribution in [-0.4, -0.2) is 59.0 Å². The number of nitrogens with zero attached hydrogens (tertiary/aromatic N) is 3. The lowest BCUT2D eigenvalue weighted by molar-refractivity contribution is 0.0723. The van der Waals surface area contributed by atoms with Crippen molar-refractivity contribution in [3.8, 4) is 5.75 Å². The zero-order valence-electron chi connectivity index (χ0n) is 19.6. The fourth-order valence-electron chi connectivity index (χ4n) is 4.80. The third-order valence-electron chi connectivity index (χ3n) is 6.47. The molecule has 1 saturated heterocycles. The number of nitrogens with one attached hydrogen (secondary N) is 1. The highest BCUT2D eigenvalue weighted by Crippen LogP contribution is 2.35. The maximum absolute atomic E-state index is 13.8. The van der Waals surface area contributed by atoms with Crippen molar-refractivity contribution in [1.82, 2.24) is 19.4 Å². The molecule has 0 saturated carbocycles. The summed E-state index contributed by atoms with van der Waals surface area (Å²) in [5.74, 6) is -0.0932. The number of pyridine rings is 1. The number of amides is 1. The van der Waals surface area contributed by atoms with E-state index in [-0.39, 0.29) is 42.0 Å². The predicted molar refractivity (Wildman–Crippen MR) is 138 cm³/mol. The number of aromatic nitrogens is 2. The predicted octanol–water partition coefficient (Wildman–Crippen LogP) is 2.85. The third kappa shape index (κ3) is 4.09. The summed E-state index contributed by atoms with van der Waals surface area (Å²) < 4.78 is 8.92. The van der Waals surface area contributed by atoms with Crippen molar-refractivity contribution in [3.63, 3.8) is 0 Å². The number of hydrogen-bond acceptors (Lipinski definition) is 5. The van der Waals surface area contributed by atoms with Crippen LogP contribution in [-0.2, 0) is 13.6 Å². The molecule has 4 aromatic rings. The average molecular weight is 495 g/mol. The maximum Gasteiger partial charge on any atom is 0.274 e. The summed E-state index contributed by atoms with van der Waals surface area (Å²) in [5.41, 5.74) is 1.78. The first-order chi connectivity index (χ1) is 16.5. The lowest BCUT2D eigenvalue weighted by Gasteiger charge is -2.27. The molecule has 3 heterocycles. The minimum absolute atomic E-state index is 0. The van der Waals surface area contributed by atoms with Crippen molar-refractivity contribution in [2.45, 2.75) is 6.54 Å². The monoisotopic (exact) mass is 494 g/mol. The fourth-order valence-corrected chi connectivity index (χ4v) is 4.80. The highest BCUT2D eigenvalue weighted by Gasteiger charge is 2.30. The molecule has 2 aromatic carbocycles. The van der Waals surface area contributed by atoms with Crippen molar-refractivity contribution >= 4 is 45.9 Å². The van der Waals surface area contributed by atoms with Gasteiger partial charge in [0.25, 0.3) is 11.5 Å².